The van der Waals surface area contributed by atoms with Crippen molar-refractivity contribution in [3.05, 3.63) is 29.8 Å². The van der Waals surface area contributed by atoms with Gasteiger partial charge < -0.3 is 10.2 Å². The molecule has 1 amide bonds. The van der Waals surface area contributed by atoms with Crippen LogP contribution in [0, 0.1) is 0 Å². The summed E-state index contributed by atoms with van der Waals surface area (Å²) < 4.78 is 0. The average Bonchev–Trinajstić information content (AvgIpc) is 2.74. The molecule has 2 heterocycles. The van der Waals surface area contributed by atoms with Gasteiger partial charge in [-0.15, -0.1) is 0 Å². The predicted molar refractivity (Wildman–Crippen MR) is 77.2 cm³/mol. The quantitative estimate of drug-likeness (QED) is 0.840. The molecule has 1 aromatic rings. The van der Waals surface area contributed by atoms with Crippen LogP contribution in [0.2, 0.25) is 0 Å². The van der Waals surface area contributed by atoms with Gasteiger partial charge in [0.1, 0.15) is 6.04 Å². The van der Waals surface area contributed by atoms with E-state index in [4.69, 9.17) is 0 Å². The molecule has 0 aromatic heterocycles. The van der Waals surface area contributed by atoms with Crippen molar-refractivity contribution in [3.63, 3.8) is 0 Å². The van der Waals surface area contributed by atoms with Crippen molar-refractivity contribution in [3.8, 4) is 0 Å². The van der Waals surface area contributed by atoms with Gasteiger partial charge in [-0.3, -0.25) is 4.79 Å². The number of nitrogens with one attached hydrogen (secondary N) is 1. The number of rotatable bonds is 1. The van der Waals surface area contributed by atoms with E-state index < -0.39 is 0 Å². The summed E-state index contributed by atoms with van der Waals surface area (Å²) in [7, 11) is 0. The molecule has 1 unspecified atom stereocenters. The van der Waals surface area contributed by atoms with E-state index in [0.29, 0.717) is 6.04 Å². The molecule has 0 aliphatic carbocycles. The second-order valence-corrected chi connectivity index (χ2v) is 5.79. The summed E-state index contributed by atoms with van der Waals surface area (Å²) >= 11 is 0. The summed E-state index contributed by atoms with van der Waals surface area (Å²) in [6.45, 7) is 3.11. The summed E-state index contributed by atoms with van der Waals surface area (Å²) in [6, 6.07) is 8.57. The SMILES string of the molecule is CC1CCCCCN1C(=O)[C@@H]1Cc2ccccc2N1. The molecular formula is C16H22N2O. The molecule has 2 atom stereocenters. The van der Waals surface area contributed by atoms with E-state index in [1.807, 2.05) is 12.1 Å². The summed E-state index contributed by atoms with van der Waals surface area (Å²) in [5, 5.41) is 3.38. The number of amides is 1. The van der Waals surface area contributed by atoms with Crippen LogP contribution in [0.25, 0.3) is 0 Å². The Bertz CT molecular complexity index is 447. The number of anilines is 1. The Morgan fingerprint density at radius 2 is 2.11 bits per heavy atom. The molecule has 2 aliphatic rings. The lowest BCUT2D eigenvalue weighted by Gasteiger charge is -2.29. The molecule has 1 fully saturated rings. The van der Waals surface area contributed by atoms with Crippen molar-refractivity contribution in [2.45, 2.75) is 51.1 Å². The standard InChI is InChI=1S/C16H22N2O/c1-12-7-3-2-6-10-18(12)16(19)15-11-13-8-4-5-9-14(13)17-15/h4-5,8-9,12,15,17H,2-3,6-7,10-11H2,1H3/t12?,15-/m0/s1. The van der Waals surface area contributed by atoms with E-state index in [0.717, 1.165) is 31.5 Å². The fourth-order valence-electron chi connectivity index (χ4n) is 3.25. The Morgan fingerprint density at radius 1 is 1.26 bits per heavy atom. The van der Waals surface area contributed by atoms with Crippen molar-refractivity contribution >= 4 is 11.6 Å². The minimum Gasteiger partial charge on any atom is -0.373 e. The summed E-state index contributed by atoms with van der Waals surface area (Å²) in [4.78, 5) is 14.8. The molecule has 0 spiro atoms. The third-order valence-electron chi connectivity index (χ3n) is 4.41. The van der Waals surface area contributed by atoms with Crippen molar-refractivity contribution in [1.29, 1.82) is 0 Å². The minimum absolute atomic E-state index is 0.0575. The van der Waals surface area contributed by atoms with E-state index in [9.17, 15) is 4.79 Å². The van der Waals surface area contributed by atoms with E-state index >= 15 is 0 Å². The van der Waals surface area contributed by atoms with Crippen molar-refractivity contribution in [2.24, 2.45) is 0 Å². The number of para-hydroxylation sites is 1. The molecule has 0 bridgehead atoms. The highest BCUT2D eigenvalue weighted by Gasteiger charge is 2.32. The zero-order chi connectivity index (χ0) is 13.2. The Morgan fingerprint density at radius 3 is 2.95 bits per heavy atom. The zero-order valence-corrected chi connectivity index (χ0v) is 11.6. The van der Waals surface area contributed by atoms with Crippen LogP contribution in [-0.4, -0.2) is 29.4 Å². The zero-order valence-electron chi connectivity index (χ0n) is 11.6. The smallest absolute Gasteiger partial charge is 0.245 e. The average molecular weight is 258 g/mol. The van der Waals surface area contributed by atoms with Crippen LogP contribution in [0.1, 0.15) is 38.2 Å². The summed E-state index contributed by atoms with van der Waals surface area (Å²) in [6.07, 6.45) is 5.63. The van der Waals surface area contributed by atoms with Crippen molar-refractivity contribution in [2.75, 3.05) is 11.9 Å². The van der Waals surface area contributed by atoms with Crippen LogP contribution in [0.4, 0.5) is 5.69 Å². The largest absolute Gasteiger partial charge is 0.373 e. The van der Waals surface area contributed by atoms with E-state index in [2.05, 4.69) is 29.3 Å². The molecule has 19 heavy (non-hydrogen) atoms. The Balaban J connectivity index is 1.72. The molecule has 1 saturated heterocycles. The van der Waals surface area contributed by atoms with E-state index in [-0.39, 0.29) is 11.9 Å². The van der Waals surface area contributed by atoms with Gasteiger partial charge in [-0.2, -0.15) is 0 Å². The van der Waals surface area contributed by atoms with Gasteiger partial charge in [0.2, 0.25) is 5.91 Å². The highest BCUT2D eigenvalue weighted by molar-refractivity contribution is 5.87. The number of nitrogens with zero attached hydrogens (tertiary/aromatic N) is 1. The Labute approximate surface area is 115 Å². The van der Waals surface area contributed by atoms with Gasteiger partial charge in [0, 0.05) is 24.7 Å². The van der Waals surface area contributed by atoms with Crippen molar-refractivity contribution < 1.29 is 4.79 Å². The fraction of sp³-hybridized carbons (Fsp3) is 0.562. The lowest BCUT2D eigenvalue weighted by Crippen LogP contribution is -2.46. The van der Waals surface area contributed by atoms with Gasteiger partial charge in [-0.25, -0.2) is 0 Å². The van der Waals surface area contributed by atoms with Gasteiger partial charge >= 0.3 is 0 Å². The van der Waals surface area contributed by atoms with Gasteiger partial charge in [-0.1, -0.05) is 31.0 Å². The van der Waals surface area contributed by atoms with Crippen LogP contribution >= 0.6 is 0 Å². The minimum atomic E-state index is -0.0575. The van der Waals surface area contributed by atoms with Gasteiger partial charge in [-0.05, 0) is 31.4 Å². The number of hydrogen-bond donors (Lipinski definition) is 1. The molecule has 3 heteroatoms. The summed E-state index contributed by atoms with van der Waals surface area (Å²) in [5.41, 5.74) is 2.40. The van der Waals surface area contributed by atoms with Crippen LogP contribution in [0.3, 0.4) is 0 Å². The summed E-state index contributed by atoms with van der Waals surface area (Å²) in [5.74, 6) is 0.283. The number of likely N-dealkylation sites (tertiary alicyclic amines) is 1. The van der Waals surface area contributed by atoms with Gasteiger partial charge in [0.15, 0.2) is 0 Å². The second-order valence-electron chi connectivity index (χ2n) is 5.79. The highest BCUT2D eigenvalue weighted by atomic mass is 16.2. The highest BCUT2D eigenvalue weighted by Crippen LogP contribution is 2.27. The first-order chi connectivity index (χ1) is 9.25. The monoisotopic (exact) mass is 258 g/mol. The lowest BCUT2D eigenvalue weighted by atomic mass is 10.1. The third-order valence-corrected chi connectivity index (χ3v) is 4.41. The normalized spacial score (nSPS) is 26.5. The number of carbonyl (C=O) groups excluding carboxylic acids is 1. The van der Waals surface area contributed by atoms with E-state index in [1.54, 1.807) is 0 Å². The van der Waals surface area contributed by atoms with Crippen LogP contribution < -0.4 is 5.32 Å². The molecule has 0 radical (unpaired) electrons. The fourth-order valence-corrected chi connectivity index (χ4v) is 3.25. The number of benzene rings is 1. The number of carbonyl (C=O) groups is 1. The van der Waals surface area contributed by atoms with Crippen LogP contribution in [0.15, 0.2) is 24.3 Å². The molecule has 3 rings (SSSR count). The molecule has 102 valence electrons. The Kier molecular flexibility index (Phi) is 3.45. The van der Waals surface area contributed by atoms with Gasteiger partial charge in [0.05, 0.1) is 0 Å². The van der Waals surface area contributed by atoms with Gasteiger partial charge in [0.25, 0.3) is 0 Å². The molecule has 3 nitrogen and oxygen atoms in total. The first kappa shape index (κ1) is 12.5. The maximum atomic E-state index is 12.7. The number of fused-ring (bicyclic) bond motifs is 1. The molecule has 1 N–H and O–H groups in total. The van der Waals surface area contributed by atoms with Crippen LogP contribution in [0.5, 0.6) is 0 Å². The van der Waals surface area contributed by atoms with Crippen LogP contribution in [-0.2, 0) is 11.2 Å². The maximum absolute atomic E-state index is 12.7. The van der Waals surface area contributed by atoms with Crippen molar-refractivity contribution in [1.82, 2.24) is 4.90 Å². The topological polar surface area (TPSA) is 32.3 Å². The molecule has 0 saturated carbocycles. The number of hydrogen-bond acceptors (Lipinski definition) is 2. The molecule has 2 aliphatic heterocycles. The van der Waals surface area contributed by atoms with E-state index in [1.165, 1.54) is 18.4 Å². The first-order valence-corrected chi connectivity index (χ1v) is 7.40. The molecule has 1 aromatic carbocycles. The third kappa shape index (κ3) is 2.46. The second kappa shape index (κ2) is 5.24. The molecular weight excluding hydrogens is 236 g/mol. The maximum Gasteiger partial charge on any atom is 0.245 e. The first-order valence-electron chi connectivity index (χ1n) is 7.40. The predicted octanol–water partition coefficient (Wildman–Crippen LogP) is 2.81. The lowest BCUT2D eigenvalue weighted by molar-refractivity contribution is -0.133. The Hall–Kier alpha value is -1.51.